The van der Waals surface area contributed by atoms with Gasteiger partial charge in [-0.3, -0.25) is 9.69 Å². The minimum Gasteiger partial charge on any atom is -0.378 e. The van der Waals surface area contributed by atoms with Gasteiger partial charge in [0.15, 0.2) is 0 Å². The van der Waals surface area contributed by atoms with Crippen LogP contribution < -0.4 is 0 Å². The van der Waals surface area contributed by atoms with Crippen LogP contribution in [-0.4, -0.2) is 64.7 Å². The summed E-state index contributed by atoms with van der Waals surface area (Å²) in [6.45, 7) is 3.28. The lowest BCUT2D eigenvalue weighted by Crippen LogP contribution is -2.49. The SMILES string of the molecule is CN1CCN(C(=O)CC[C@H]2CCCCO2)C[C@H]1c1nccn1C. The molecule has 3 heterocycles. The fourth-order valence-corrected chi connectivity index (χ4v) is 3.55. The molecule has 1 aromatic rings. The van der Waals surface area contributed by atoms with Crippen LogP contribution in [-0.2, 0) is 16.6 Å². The van der Waals surface area contributed by atoms with Crippen LogP contribution in [0.4, 0.5) is 0 Å². The summed E-state index contributed by atoms with van der Waals surface area (Å²) in [6.07, 6.45) is 9.02. The van der Waals surface area contributed by atoms with Crippen LogP contribution in [0.1, 0.15) is 44.0 Å². The molecule has 0 N–H and O–H groups in total. The Morgan fingerprint density at radius 2 is 2.22 bits per heavy atom. The van der Waals surface area contributed by atoms with Gasteiger partial charge in [0.2, 0.25) is 5.91 Å². The van der Waals surface area contributed by atoms with E-state index in [9.17, 15) is 4.79 Å². The van der Waals surface area contributed by atoms with Crippen LogP contribution in [0.3, 0.4) is 0 Å². The van der Waals surface area contributed by atoms with Gasteiger partial charge in [-0.25, -0.2) is 4.98 Å². The molecule has 2 atom stereocenters. The van der Waals surface area contributed by atoms with Crippen LogP contribution in [0, 0.1) is 0 Å². The van der Waals surface area contributed by atoms with Crippen molar-refractivity contribution in [2.75, 3.05) is 33.3 Å². The van der Waals surface area contributed by atoms with Crippen LogP contribution in [0.25, 0.3) is 0 Å². The summed E-state index contributed by atoms with van der Waals surface area (Å²) in [4.78, 5) is 21.3. The van der Waals surface area contributed by atoms with Gasteiger partial charge in [0, 0.05) is 52.1 Å². The molecule has 2 fully saturated rings. The number of aryl methyl sites for hydroxylation is 1. The molecule has 128 valence electrons. The van der Waals surface area contributed by atoms with E-state index in [1.54, 1.807) is 0 Å². The predicted octanol–water partition coefficient (Wildman–Crippen LogP) is 1.58. The van der Waals surface area contributed by atoms with E-state index in [1.807, 2.05) is 28.9 Å². The molecule has 2 aliphatic rings. The number of rotatable bonds is 4. The number of ether oxygens (including phenoxy) is 1. The topological polar surface area (TPSA) is 50.6 Å². The van der Waals surface area contributed by atoms with Crippen molar-refractivity contribution in [3.63, 3.8) is 0 Å². The van der Waals surface area contributed by atoms with Gasteiger partial charge in [-0.1, -0.05) is 0 Å². The minimum absolute atomic E-state index is 0.179. The van der Waals surface area contributed by atoms with E-state index in [1.165, 1.54) is 6.42 Å². The Morgan fingerprint density at radius 1 is 1.35 bits per heavy atom. The Kier molecular flexibility index (Phi) is 5.33. The average molecular weight is 320 g/mol. The highest BCUT2D eigenvalue weighted by atomic mass is 16.5. The first-order chi connectivity index (χ1) is 11.1. The molecule has 1 aromatic heterocycles. The third-order valence-corrected chi connectivity index (χ3v) is 5.11. The minimum atomic E-state index is 0.179. The highest BCUT2D eigenvalue weighted by molar-refractivity contribution is 5.76. The molecule has 6 nitrogen and oxygen atoms in total. The zero-order valence-electron chi connectivity index (χ0n) is 14.3. The summed E-state index contributed by atoms with van der Waals surface area (Å²) in [5.74, 6) is 1.28. The maximum atomic E-state index is 12.6. The van der Waals surface area contributed by atoms with Crippen LogP contribution in [0.2, 0.25) is 0 Å². The van der Waals surface area contributed by atoms with E-state index in [-0.39, 0.29) is 18.1 Å². The molecule has 2 aliphatic heterocycles. The van der Waals surface area contributed by atoms with E-state index >= 15 is 0 Å². The van der Waals surface area contributed by atoms with Gasteiger partial charge >= 0.3 is 0 Å². The Labute approximate surface area is 138 Å². The second-order valence-electron chi connectivity index (χ2n) is 6.76. The average Bonchev–Trinajstić information content (AvgIpc) is 3.00. The van der Waals surface area contributed by atoms with Crippen LogP contribution in [0.15, 0.2) is 12.4 Å². The number of amides is 1. The molecule has 0 unspecified atom stereocenters. The number of carbonyl (C=O) groups excluding carboxylic acids is 1. The van der Waals surface area contributed by atoms with Gasteiger partial charge < -0.3 is 14.2 Å². The quantitative estimate of drug-likeness (QED) is 0.845. The third kappa shape index (κ3) is 3.93. The summed E-state index contributed by atoms with van der Waals surface area (Å²) in [6, 6.07) is 0.179. The largest absolute Gasteiger partial charge is 0.378 e. The van der Waals surface area contributed by atoms with Gasteiger partial charge in [0.1, 0.15) is 5.82 Å². The van der Waals surface area contributed by atoms with Crippen molar-refractivity contribution in [3.8, 4) is 0 Å². The smallest absolute Gasteiger partial charge is 0.222 e. The number of imidazole rings is 1. The number of likely N-dealkylation sites (N-methyl/N-ethyl adjacent to an activating group) is 1. The van der Waals surface area contributed by atoms with Gasteiger partial charge in [-0.05, 0) is 32.7 Å². The first-order valence-corrected chi connectivity index (χ1v) is 8.72. The molecule has 0 aliphatic carbocycles. The standard InChI is InChI=1S/C17H28N4O2/c1-19-10-11-21(13-15(19)17-18-8-9-20(17)2)16(22)7-6-14-5-3-4-12-23-14/h8-9,14-15H,3-7,10-13H2,1-2H3/t14-,15+/m1/s1. The Morgan fingerprint density at radius 3 is 2.91 bits per heavy atom. The fourth-order valence-electron chi connectivity index (χ4n) is 3.55. The van der Waals surface area contributed by atoms with Crippen molar-refractivity contribution in [2.24, 2.45) is 7.05 Å². The van der Waals surface area contributed by atoms with Crippen LogP contribution in [0.5, 0.6) is 0 Å². The first kappa shape index (κ1) is 16.5. The molecule has 0 radical (unpaired) electrons. The molecule has 23 heavy (non-hydrogen) atoms. The van der Waals surface area contributed by atoms with E-state index in [2.05, 4.69) is 16.9 Å². The zero-order chi connectivity index (χ0) is 16.2. The maximum Gasteiger partial charge on any atom is 0.222 e. The number of nitrogens with zero attached hydrogens (tertiary/aromatic N) is 4. The van der Waals surface area contributed by atoms with Crippen molar-refractivity contribution in [1.82, 2.24) is 19.4 Å². The summed E-state index contributed by atoms with van der Waals surface area (Å²) in [5.41, 5.74) is 0. The van der Waals surface area contributed by atoms with Crippen molar-refractivity contribution >= 4 is 5.91 Å². The van der Waals surface area contributed by atoms with E-state index in [0.29, 0.717) is 6.42 Å². The van der Waals surface area contributed by atoms with Crippen molar-refractivity contribution in [3.05, 3.63) is 18.2 Å². The lowest BCUT2D eigenvalue weighted by molar-refractivity contribution is -0.135. The van der Waals surface area contributed by atoms with E-state index in [4.69, 9.17) is 4.74 Å². The molecule has 6 heteroatoms. The van der Waals surface area contributed by atoms with Crippen molar-refractivity contribution < 1.29 is 9.53 Å². The lowest BCUT2D eigenvalue weighted by Gasteiger charge is -2.39. The molecule has 0 spiro atoms. The predicted molar refractivity (Wildman–Crippen MR) is 88.0 cm³/mol. The molecule has 0 bridgehead atoms. The zero-order valence-corrected chi connectivity index (χ0v) is 14.3. The second kappa shape index (κ2) is 7.45. The second-order valence-corrected chi connectivity index (χ2v) is 6.76. The molecular formula is C17H28N4O2. The van der Waals surface area contributed by atoms with E-state index in [0.717, 1.165) is 51.3 Å². The van der Waals surface area contributed by atoms with Crippen LogP contribution >= 0.6 is 0 Å². The summed E-state index contributed by atoms with van der Waals surface area (Å²) in [7, 11) is 4.12. The van der Waals surface area contributed by atoms with Gasteiger partial charge in [0.25, 0.3) is 0 Å². The third-order valence-electron chi connectivity index (χ3n) is 5.11. The number of hydrogen-bond donors (Lipinski definition) is 0. The van der Waals surface area contributed by atoms with E-state index < -0.39 is 0 Å². The maximum absolute atomic E-state index is 12.6. The van der Waals surface area contributed by atoms with Crippen molar-refractivity contribution in [2.45, 2.75) is 44.2 Å². The summed E-state index contributed by atoms with van der Waals surface area (Å²) in [5, 5.41) is 0. The molecule has 3 rings (SSSR count). The monoisotopic (exact) mass is 320 g/mol. The normalized spacial score (nSPS) is 26.4. The fraction of sp³-hybridized carbons (Fsp3) is 0.765. The Hall–Kier alpha value is -1.40. The molecule has 2 saturated heterocycles. The number of hydrogen-bond acceptors (Lipinski definition) is 4. The van der Waals surface area contributed by atoms with Crippen molar-refractivity contribution in [1.29, 1.82) is 0 Å². The summed E-state index contributed by atoms with van der Waals surface area (Å²) >= 11 is 0. The number of piperazine rings is 1. The molecule has 0 aromatic carbocycles. The Balaban J connectivity index is 1.55. The Bertz CT molecular complexity index is 524. The molecule has 0 saturated carbocycles. The lowest BCUT2D eigenvalue weighted by atomic mass is 10.0. The van der Waals surface area contributed by atoms with Gasteiger partial charge in [0.05, 0.1) is 12.1 Å². The highest BCUT2D eigenvalue weighted by Crippen LogP contribution is 2.24. The first-order valence-electron chi connectivity index (χ1n) is 8.72. The molecule has 1 amide bonds. The highest BCUT2D eigenvalue weighted by Gasteiger charge is 2.30. The number of carbonyl (C=O) groups is 1. The van der Waals surface area contributed by atoms with Gasteiger partial charge in [-0.15, -0.1) is 0 Å². The molecular weight excluding hydrogens is 292 g/mol. The van der Waals surface area contributed by atoms with Gasteiger partial charge in [-0.2, -0.15) is 0 Å². The summed E-state index contributed by atoms with van der Waals surface area (Å²) < 4.78 is 7.78. The number of aromatic nitrogens is 2.